The summed E-state index contributed by atoms with van der Waals surface area (Å²) in [4.78, 5) is 0. The van der Waals surface area contributed by atoms with Crippen LogP contribution in [0, 0.1) is 12.3 Å². The fourth-order valence-corrected chi connectivity index (χ4v) is 3.21. The van der Waals surface area contributed by atoms with Gasteiger partial charge >= 0.3 is 0 Å². The van der Waals surface area contributed by atoms with Crippen LogP contribution < -0.4 is 5.32 Å². The first-order chi connectivity index (χ1) is 8.87. The molecule has 1 aromatic carbocycles. The molecule has 0 bridgehead atoms. The summed E-state index contributed by atoms with van der Waals surface area (Å²) in [6, 6.07) is 7.29. The number of hydrogen-bond acceptors (Lipinski definition) is 2. The molecule has 1 aromatic rings. The van der Waals surface area contributed by atoms with Crippen LogP contribution in [0.15, 0.2) is 18.2 Å². The van der Waals surface area contributed by atoms with E-state index in [0.717, 1.165) is 13.0 Å². The third-order valence-electron chi connectivity index (χ3n) is 4.05. The van der Waals surface area contributed by atoms with E-state index >= 15 is 0 Å². The highest BCUT2D eigenvalue weighted by Gasteiger charge is 2.26. The van der Waals surface area contributed by atoms with Crippen molar-refractivity contribution >= 4 is 0 Å². The summed E-state index contributed by atoms with van der Waals surface area (Å²) < 4.78 is 0. The van der Waals surface area contributed by atoms with Crippen molar-refractivity contribution in [2.24, 2.45) is 5.41 Å². The van der Waals surface area contributed by atoms with E-state index in [-0.39, 0.29) is 11.5 Å². The van der Waals surface area contributed by atoms with Crippen molar-refractivity contribution in [1.82, 2.24) is 5.32 Å². The van der Waals surface area contributed by atoms with Crippen molar-refractivity contribution in [2.45, 2.75) is 59.1 Å². The molecule has 1 aliphatic rings. The maximum atomic E-state index is 9.55. The maximum Gasteiger partial charge on any atom is 0.0517 e. The van der Waals surface area contributed by atoms with Gasteiger partial charge in [-0.25, -0.2) is 0 Å². The van der Waals surface area contributed by atoms with Gasteiger partial charge in [-0.2, -0.15) is 0 Å². The van der Waals surface area contributed by atoms with Crippen LogP contribution in [0.2, 0.25) is 0 Å². The van der Waals surface area contributed by atoms with Crippen molar-refractivity contribution < 1.29 is 5.11 Å². The monoisotopic (exact) mass is 261 g/mol. The van der Waals surface area contributed by atoms with E-state index in [9.17, 15) is 5.11 Å². The lowest BCUT2D eigenvalue weighted by atomic mass is 9.86. The van der Waals surface area contributed by atoms with Crippen molar-refractivity contribution in [1.29, 1.82) is 0 Å². The molecule has 0 amide bonds. The Bertz CT molecular complexity index is 437. The van der Waals surface area contributed by atoms with E-state index < -0.39 is 0 Å². The molecular formula is C17H27NO. The molecule has 19 heavy (non-hydrogen) atoms. The quantitative estimate of drug-likeness (QED) is 0.851. The molecule has 2 unspecified atom stereocenters. The zero-order chi connectivity index (χ0) is 14.0. The molecule has 2 nitrogen and oxygen atoms in total. The lowest BCUT2D eigenvalue weighted by molar-refractivity contribution is 0.126. The molecule has 106 valence electrons. The van der Waals surface area contributed by atoms with Crippen molar-refractivity contribution in [3.63, 3.8) is 0 Å². The molecular weight excluding hydrogens is 234 g/mol. The first-order valence-electron chi connectivity index (χ1n) is 7.38. The molecule has 0 heterocycles. The van der Waals surface area contributed by atoms with Gasteiger partial charge in [-0.05, 0) is 49.7 Å². The minimum atomic E-state index is -0.227. The fourth-order valence-electron chi connectivity index (χ4n) is 3.21. The number of nitrogens with one attached hydrogen (secondary N) is 1. The van der Waals surface area contributed by atoms with Gasteiger partial charge < -0.3 is 10.4 Å². The third kappa shape index (κ3) is 3.80. The Labute approximate surface area is 117 Å². The lowest BCUT2D eigenvalue weighted by Gasteiger charge is -2.28. The first kappa shape index (κ1) is 14.5. The molecule has 0 radical (unpaired) electrons. The topological polar surface area (TPSA) is 32.3 Å². The Balaban J connectivity index is 1.98. The third-order valence-corrected chi connectivity index (χ3v) is 4.05. The highest BCUT2D eigenvalue weighted by atomic mass is 16.3. The zero-order valence-corrected chi connectivity index (χ0v) is 12.7. The standard InChI is InChI=1S/C17H27NO/c1-12-5-6-14-7-8-16(15(14)9-12)18-11-17(3,4)10-13(2)19/h5-6,9,13,16,18-19H,7-8,10-11H2,1-4H3. The predicted molar refractivity (Wildman–Crippen MR) is 80.3 cm³/mol. The molecule has 2 atom stereocenters. The van der Waals surface area contributed by atoms with Gasteiger partial charge in [0.05, 0.1) is 6.10 Å². The SMILES string of the molecule is Cc1ccc2c(c1)C(NCC(C)(C)CC(C)O)CC2. The van der Waals surface area contributed by atoms with Crippen LogP contribution in [0.4, 0.5) is 0 Å². The number of aliphatic hydroxyl groups excluding tert-OH is 1. The predicted octanol–water partition coefficient (Wildman–Crippen LogP) is 3.37. The normalized spacial score (nSPS) is 20.4. The number of fused-ring (bicyclic) bond motifs is 1. The number of hydrogen-bond donors (Lipinski definition) is 2. The van der Waals surface area contributed by atoms with Crippen molar-refractivity contribution in [3.8, 4) is 0 Å². The van der Waals surface area contributed by atoms with Gasteiger partial charge in [0.2, 0.25) is 0 Å². The molecule has 2 heteroatoms. The van der Waals surface area contributed by atoms with Gasteiger partial charge in [0.15, 0.2) is 0 Å². The van der Waals surface area contributed by atoms with Crippen LogP contribution in [0.25, 0.3) is 0 Å². The van der Waals surface area contributed by atoms with Crippen LogP contribution in [0.1, 0.15) is 56.3 Å². The Morgan fingerprint density at radius 1 is 1.42 bits per heavy atom. The summed E-state index contributed by atoms with van der Waals surface area (Å²) in [5, 5.41) is 13.2. The second kappa shape index (κ2) is 5.64. The molecule has 0 saturated heterocycles. The number of rotatable bonds is 5. The van der Waals surface area contributed by atoms with Crippen LogP contribution in [-0.4, -0.2) is 17.8 Å². The van der Waals surface area contributed by atoms with Crippen LogP contribution in [-0.2, 0) is 6.42 Å². The van der Waals surface area contributed by atoms with E-state index in [2.05, 4.69) is 44.3 Å². The van der Waals surface area contributed by atoms with Gasteiger partial charge in [0, 0.05) is 12.6 Å². The van der Waals surface area contributed by atoms with E-state index in [0.29, 0.717) is 6.04 Å². The summed E-state index contributed by atoms with van der Waals surface area (Å²) in [6.45, 7) is 9.43. The maximum absolute atomic E-state index is 9.55. The molecule has 0 spiro atoms. The van der Waals surface area contributed by atoms with Crippen molar-refractivity contribution in [3.05, 3.63) is 34.9 Å². The molecule has 0 fully saturated rings. The average molecular weight is 261 g/mol. The van der Waals surface area contributed by atoms with Crippen LogP contribution in [0.5, 0.6) is 0 Å². The summed E-state index contributed by atoms with van der Waals surface area (Å²) >= 11 is 0. The Kier molecular flexibility index (Phi) is 4.32. The molecule has 1 aliphatic carbocycles. The van der Waals surface area contributed by atoms with Gasteiger partial charge in [-0.1, -0.05) is 37.6 Å². The Hall–Kier alpha value is -0.860. The summed E-state index contributed by atoms with van der Waals surface area (Å²) in [7, 11) is 0. The Morgan fingerprint density at radius 2 is 2.16 bits per heavy atom. The summed E-state index contributed by atoms with van der Waals surface area (Å²) in [5.41, 5.74) is 4.46. The zero-order valence-electron chi connectivity index (χ0n) is 12.7. The number of benzene rings is 1. The van der Waals surface area contributed by atoms with E-state index in [1.807, 2.05) is 6.92 Å². The first-order valence-corrected chi connectivity index (χ1v) is 7.38. The highest BCUT2D eigenvalue weighted by Crippen LogP contribution is 2.33. The second-order valence-electron chi connectivity index (χ2n) is 6.89. The molecule has 0 aliphatic heterocycles. The molecule has 2 rings (SSSR count). The van der Waals surface area contributed by atoms with Gasteiger partial charge in [0.1, 0.15) is 0 Å². The molecule has 0 saturated carbocycles. The van der Waals surface area contributed by atoms with E-state index in [4.69, 9.17) is 0 Å². The fraction of sp³-hybridized carbons (Fsp3) is 0.647. The van der Waals surface area contributed by atoms with Gasteiger partial charge in [-0.15, -0.1) is 0 Å². The second-order valence-corrected chi connectivity index (χ2v) is 6.89. The summed E-state index contributed by atoms with van der Waals surface area (Å²) in [6.07, 6.45) is 3.00. The highest BCUT2D eigenvalue weighted by molar-refractivity contribution is 5.37. The summed E-state index contributed by atoms with van der Waals surface area (Å²) in [5.74, 6) is 0. The van der Waals surface area contributed by atoms with Crippen LogP contribution in [0.3, 0.4) is 0 Å². The molecule has 0 aromatic heterocycles. The number of aryl methyl sites for hydroxylation is 2. The van der Waals surface area contributed by atoms with Crippen LogP contribution >= 0.6 is 0 Å². The smallest absolute Gasteiger partial charge is 0.0517 e. The largest absolute Gasteiger partial charge is 0.393 e. The Morgan fingerprint density at radius 3 is 2.84 bits per heavy atom. The minimum absolute atomic E-state index is 0.140. The van der Waals surface area contributed by atoms with Gasteiger partial charge in [0.25, 0.3) is 0 Å². The van der Waals surface area contributed by atoms with Gasteiger partial charge in [-0.3, -0.25) is 0 Å². The van der Waals surface area contributed by atoms with E-state index in [1.165, 1.54) is 29.5 Å². The lowest BCUT2D eigenvalue weighted by Crippen LogP contribution is -2.33. The molecule has 2 N–H and O–H groups in total. The number of aliphatic hydroxyl groups is 1. The van der Waals surface area contributed by atoms with E-state index in [1.54, 1.807) is 0 Å². The van der Waals surface area contributed by atoms with Crippen molar-refractivity contribution in [2.75, 3.05) is 6.54 Å². The average Bonchev–Trinajstić information content (AvgIpc) is 2.67. The minimum Gasteiger partial charge on any atom is -0.393 e.